The molecule has 0 heterocycles. The summed E-state index contributed by atoms with van der Waals surface area (Å²) in [7, 11) is 6.56. The summed E-state index contributed by atoms with van der Waals surface area (Å²) in [6.45, 7) is 3.35. The first kappa shape index (κ1) is 15.6. The van der Waals surface area contributed by atoms with Gasteiger partial charge in [0.05, 0.1) is 52.3 Å². The van der Waals surface area contributed by atoms with Gasteiger partial charge < -0.3 is 26.0 Å². The van der Waals surface area contributed by atoms with Crippen molar-refractivity contribution in [3.05, 3.63) is 18.2 Å². The number of nitrogen functional groups attached to an aromatic ring is 2. The summed E-state index contributed by atoms with van der Waals surface area (Å²) < 4.78 is 6.55. The Labute approximate surface area is 116 Å². The highest BCUT2D eigenvalue weighted by molar-refractivity contribution is 5.70. The number of benzene rings is 1. The molecule has 1 rings (SSSR count). The molecule has 108 valence electrons. The van der Waals surface area contributed by atoms with Crippen LogP contribution in [0.2, 0.25) is 0 Å². The third kappa shape index (κ3) is 6.88. The van der Waals surface area contributed by atoms with Gasteiger partial charge in [0.2, 0.25) is 0 Å². The molecule has 0 spiro atoms. The van der Waals surface area contributed by atoms with Gasteiger partial charge in [-0.25, -0.2) is 0 Å². The van der Waals surface area contributed by atoms with Crippen LogP contribution in [0, 0.1) is 0 Å². The van der Waals surface area contributed by atoms with Crippen LogP contribution in [0.15, 0.2) is 18.2 Å². The van der Waals surface area contributed by atoms with E-state index in [4.69, 9.17) is 16.2 Å². The molecular formula is C14H27N4O+. The van der Waals surface area contributed by atoms with E-state index in [0.717, 1.165) is 36.3 Å². The van der Waals surface area contributed by atoms with Crippen molar-refractivity contribution in [2.45, 2.75) is 6.42 Å². The molecule has 1 aromatic carbocycles. The quantitative estimate of drug-likeness (QED) is 0.378. The van der Waals surface area contributed by atoms with Gasteiger partial charge >= 0.3 is 0 Å². The maximum atomic E-state index is 5.85. The molecule has 0 aliphatic carbocycles. The number of ether oxygens (including phenoxy) is 1. The van der Waals surface area contributed by atoms with Gasteiger partial charge in [0, 0.05) is 18.7 Å². The SMILES string of the molecule is C[N+](C)(C)CCCOCCNc1ccc(N)cc1N. The molecule has 0 aliphatic heterocycles. The number of nitrogens with two attached hydrogens (primary N) is 2. The van der Waals surface area contributed by atoms with Crippen molar-refractivity contribution in [2.24, 2.45) is 0 Å². The molecule has 0 bridgehead atoms. The van der Waals surface area contributed by atoms with Crippen molar-refractivity contribution >= 4 is 17.1 Å². The van der Waals surface area contributed by atoms with E-state index >= 15 is 0 Å². The number of hydrogen-bond donors (Lipinski definition) is 3. The summed E-state index contributed by atoms with van der Waals surface area (Å²) >= 11 is 0. The van der Waals surface area contributed by atoms with Crippen molar-refractivity contribution in [1.82, 2.24) is 0 Å². The first-order valence-electron chi connectivity index (χ1n) is 6.65. The van der Waals surface area contributed by atoms with Crippen molar-refractivity contribution in [1.29, 1.82) is 0 Å². The molecule has 5 nitrogen and oxygen atoms in total. The molecular weight excluding hydrogens is 240 g/mol. The number of nitrogens with one attached hydrogen (secondary N) is 1. The summed E-state index contributed by atoms with van der Waals surface area (Å²) in [5, 5.41) is 3.24. The average molecular weight is 267 g/mol. The molecule has 0 aliphatic rings. The lowest BCUT2D eigenvalue weighted by Crippen LogP contribution is -2.35. The van der Waals surface area contributed by atoms with Gasteiger partial charge in [0.25, 0.3) is 0 Å². The number of hydrogen-bond acceptors (Lipinski definition) is 4. The topological polar surface area (TPSA) is 73.3 Å². The Bertz CT molecular complexity index is 388. The highest BCUT2D eigenvalue weighted by Crippen LogP contribution is 2.20. The van der Waals surface area contributed by atoms with Crippen molar-refractivity contribution < 1.29 is 9.22 Å². The maximum absolute atomic E-state index is 5.85. The summed E-state index contributed by atoms with van der Waals surface area (Å²) in [5.41, 5.74) is 13.7. The van der Waals surface area contributed by atoms with Crippen molar-refractivity contribution in [3.63, 3.8) is 0 Å². The van der Waals surface area contributed by atoms with Gasteiger partial charge in [0.15, 0.2) is 0 Å². The molecule has 5 N–H and O–H groups in total. The molecule has 0 radical (unpaired) electrons. The highest BCUT2D eigenvalue weighted by atomic mass is 16.5. The lowest BCUT2D eigenvalue weighted by Gasteiger charge is -2.23. The van der Waals surface area contributed by atoms with E-state index in [9.17, 15) is 0 Å². The number of nitrogens with zero attached hydrogens (tertiary/aromatic N) is 1. The van der Waals surface area contributed by atoms with Crippen molar-refractivity contribution in [3.8, 4) is 0 Å². The zero-order valence-electron chi connectivity index (χ0n) is 12.3. The Hall–Kier alpha value is -1.46. The van der Waals surface area contributed by atoms with E-state index in [1.807, 2.05) is 12.1 Å². The summed E-state index contributed by atoms with van der Waals surface area (Å²) in [6.07, 6.45) is 1.08. The second kappa shape index (κ2) is 7.21. The Morgan fingerprint density at radius 1 is 1.16 bits per heavy atom. The van der Waals surface area contributed by atoms with Gasteiger partial charge in [-0.1, -0.05) is 0 Å². The predicted molar refractivity (Wildman–Crippen MR) is 82.1 cm³/mol. The minimum absolute atomic E-state index is 0.671. The molecule has 5 heteroatoms. The van der Waals surface area contributed by atoms with Gasteiger partial charge in [-0.15, -0.1) is 0 Å². The molecule has 0 unspecified atom stereocenters. The number of quaternary nitrogens is 1. The summed E-state index contributed by atoms with van der Waals surface area (Å²) in [5.74, 6) is 0. The Morgan fingerprint density at radius 2 is 1.89 bits per heavy atom. The Kier molecular flexibility index (Phi) is 5.92. The van der Waals surface area contributed by atoms with Crippen LogP contribution in [0.3, 0.4) is 0 Å². The fourth-order valence-corrected chi connectivity index (χ4v) is 1.74. The second-order valence-electron chi connectivity index (χ2n) is 5.75. The molecule has 0 fully saturated rings. The third-order valence-electron chi connectivity index (χ3n) is 2.76. The molecule has 19 heavy (non-hydrogen) atoms. The van der Waals surface area contributed by atoms with Crippen LogP contribution in [-0.4, -0.2) is 51.9 Å². The van der Waals surface area contributed by atoms with Crippen LogP contribution in [0.1, 0.15) is 6.42 Å². The first-order valence-corrected chi connectivity index (χ1v) is 6.65. The van der Waals surface area contributed by atoms with Crippen LogP contribution in [0.4, 0.5) is 17.1 Å². The molecule has 0 atom stereocenters. The van der Waals surface area contributed by atoms with E-state index in [-0.39, 0.29) is 0 Å². The zero-order valence-corrected chi connectivity index (χ0v) is 12.3. The second-order valence-corrected chi connectivity index (χ2v) is 5.75. The van der Waals surface area contributed by atoms with E-state index < -0.39 is 0 Å². The zero-order chi connectivity index (χ0) is 14.3. The summed E-state index contributed by atoms with van der Waals surface area (Å²) in [4.78, 5) is 0. The van der Waals surface area contributed by atoms with Gasteiger partial charge in [-0.05, 0) is 18.2 Å². The smallest absolute Gasteiger partial charge is 0.0802 e. The molecule has 0 amide bonds. The maximum Gasteiger partial charge on any atom is 0.0802 e. The normalized spacial score (nSPS) is 11.5. The summed E-state index contributed by atoms with van der Waals surface area (Å²) in [6, 6.07) is 5.48. The first-order chi connectivity index (χ1) is 8.88. The Morgan fingerprint density at radius 3 is 2.53 bits per heavy atom. The van der Waals surface area contributed by atoms with Gasteiger partial charge in [-0.3, -0.25) is 0 Å². The Balaban J connectivity index is 2.11. The van der Waals surface area contributed by atoms with E-state index in [2.05, 4.69) is 26.5 Å². The molecule has 0 aromatic heterocycles. The van der Waals surface area contributed by atoms with Crippen LogP contribution < -0.4 is 16.8 Å². The lowest BCUT2D eigenvalue weighted by molar-refractivity contribution is -0.870. The molecule has 0 saturated heterocycles. The monoisotopic (exact) mass is 267 g/mol. The molecule has 1 aromatic rings. The van der Waals surface area contributed by atoms with E-state index in [1.165, 1.54) is 0 Å². The van der Waals surface area contributed by atoms with Crippen molar-refractivity contribution in [2.75, 3.05) is 64.2 Å². The molecule has 0 saturated carbocycles. The standard InChI is InChI=1S/C14H27N4O/c1-18(2,3)8-4-9-19-10-7-17-14-6-5-12(15)11-13(14)16/h5-6,11,17H,4,7-10,15-16H2,1-3H3/q+1. The van der Waals surface area contributed by atoms with Gasteiger partial charge in [0.1, 0.15) is 0 Å². The minimum Gasteiger partial charge on any atom is -0.399 e. The fourth-order valence-electron chi connectivity index (χ4n) is 1.74. The number of rotatable bonds is 8. The minimum atomic E-state index is 0.671. The lowest BCUT2D eigenvalue weighted by atomic mass is 10.2. The van der Waals surface area contributed by atoms with E-state index in [1.54, 1.807) is 6.07 Å². The van der Waals surface area contributed by atoms with Crippen LogP contribution in [0.25, 0.3) is 0 Å². The van der Waals surface area contributed by atoms with Gasteiger partial charge in [-0.2, -0.15) is 0 Å². The highest BCUT2D eigenvalue weighted by Gasteiger charge is 2.05. The number of anilines is 3. The fraction of sp³-hybridized carbons (Fsp3) is 0.571. The van der Waals surface area contributed by atoms with Crippen LogP contribution in [-0.2, 0) is 4.74 Å². The van der Waals surface area contributed by atoms with Crippen LogP contribution >= 0.6 is 0 Å². The third-order valence-corrected chi connectivity index (χ3v) is 2.76. The van der Waals surface area contributed by atoms with Crippen LogP contribution in [0.5, 0.6) is 0 Å². The largest absolute Gasteiger partial charge is 0.399 e. The predicted octanol–water partition coefficient (Wildman–Crippen LogP) is 1.38. The average Bonchev–Trinajstić information content (AvgIpc) is 2.29. The van der Waals surface area contributed by atoms with E-state index in [0.29, 0.717) is 18.0 Å².